The van der Waals surface area contributed by atoms with Crippen molar-refractivity contribution < 1.29 is 4.79 Å². The van der Waals surface area contributed by atoms with Gasteiger partial charge < -0.3 is 9.47 Å². The molecule has 2 aliphatic heterocycles. The van der Waals surface area contributed by atoms with Gasteiger partial charge in [0.05, 0.1) is 5.69 Å². The number of likely N-dealkylation sites (tertiary alicyclic amines) is 1. The lowest BCUT2D eigenvalue weighted by Gasteiger charge is -2.42. The normalized spacial score (nSPS) is 22.2. The molecule has 1 amide bonds. The van der Waals surface area contributed by atoms with Gasteiger partial charge in [-0.15, -0.1) is 0 Å². The van der Waals surface area contributed by atoms with Crippen molar-refractivity contribution in [3.8, 4) is 11.3 Å². The van der Waals surface area contributed by atoms with E-state index in [1.807, 2.05) is 34.6 Å². The number of hydrogen-bond donors (Lipinski definition) is 0. The Kier molecular flexibility index (Phi) is 3.52. The molecule has 0 N–H and O–H groups in total. The van der Waals surface area contributed by atoms with E-state index in [2.05, 4.69) is 11.1 Å². The SMILES string of the molecule is CC(=O)N1C[C@@H]2C[C@H](C1)c1cc(-c3cccc(C)n3)cc(=O)n1C2. The maximum atomic E-state index is 12.6. The maximum absolute atomic E-state index is 12.6. The number of rotatable bonds is 1. The molecule has 4 rings (SSSR count). The van der Waals surface area contributed by atoms with Crippen molar-refractivity contribution in [3.63, 3.8) is 0 Å². The molecule has 0 unspecified atom stereocenters. The third-order valence-corrected chi connectivity index (χ3v) is 5.19. The van der Waals surface area contributed by atoms with Crippen LogP contribution in [0.1, 0.15) is 30.7 Å². The van der Waals surface area contributed by atoms with E-state index in [1.54, 1.807) is 13.0 Å². The van der Waals surface area contributed by atoms with Gasteiger partial charge in [-0.25, -0.2) is 0 Å². The van der Waals surface area contributed by atoms with Gasteiger partial charge in [-0.2, -0.15) is 0 Å². The van der Waals surface area contributed by atoms with Crippen molar-refractivity contribution in [3.05, 3.63) is 52.1 Å². The zero-order valence-electron chi connectivity index (χ0n) is 14.0. The quantitative estimate of drug-likeness (QED) is 0.808. The summed E-state index contributed by atoms with van der Waals surface area (Å²) < 4.78 is 1.90. The van der Waals surface area contributed by atoms with Crippen LogP contribution in [0.4, 0.5) is 0 Å². The topological polar surface area (TPSA) is 55.2 Å². The molecule has 0 radical (unpaired) electrons. The second-order valence-electron chi connectivity index (χ2n) is 7.00. The van der Waals surface area contributed by atoms with Crippen LogP contribution in [-0.2, 0) is 11.3 Å². The number of amides is 1. The predicted octanol–water partition coefficient (Wildman–Crippen LogP) is 2.18. The van der Waals surface area contributed by atoms with Crippen LogP contribution in [0.3, 0.4) is 0 Å². The number of carbonyl (C=O) groups is 1. The first-order chi connectivity index (χ1) is 11.5. The molecule has 0 saturated carbocycles. The van der Waals surface area contributed by atoms with Gasteiger partial charge in [-0.3, -0.25) is 14.6 Å². The van der Waals surface area contributed by atoms with Crippen molar-refractivity contribution in [1.29, 1.82) is 0 Å². The maximum Gasteiger partial charge on any atom is 0.251 e. The van der Waals surface area contributed by atoms with Crippen molar-refractivity contribution in [2.24, 2.45) is 5.92 Å². The average Bonchev–Trinajstić information content (AvgIpc) is 2.55. The van der Waals surface area contributed by atoms with E-state index in [-0.39, 0.29) is 17.4 Å². The van der Waals surface area contributed by atoms with E-state index in [1.165, 1.54) is 0 Å². The van der Waals surface area contributed by atoms with Gasteiger partial charge in [0.15, 0.2) is 0 Å². The molecule has 124 valence electrons. The van der Waals surface area contributed by atoms with Gasteiger partial charge in [-0.05, 0) is 37.5 Å². The molecule has 2 bridgehead atoms. The van der Waals surface area contributed by atoms with Crippen LogP contribution in [0.5, 0.6) is 0 Å². The van der Waals surface area contributed by atoms with Gasteiger partial charge in [0.25, 0.3) is 5.56 Å². The van der Waals surface area contributed by atoms with E-state index >= 15 is 0 Å². The minimum absolute atomic E-state index is 0.0387. The summed E-state index contributed by atoms with van der Waals surface area (Å²) in [6.07, 6.45) is 1.05. The summed E-state index contributed by atoms with van der Waals surface area (Å²) in [6, 6.07) is 9.63. The standard InChI is InChI=1S/C19H21N3O2/c1-12-4-3-5-17(20-12)15-7-18-16-6-14(9-21(11-16)13(2)23)10-22(18)19(24)8-15/h3-5,7-8,14,16H,6,9-11H2,1-2H3/t14-,16+/m0/s1. The zero-order chi connectivity index (χ0) is 16.8. The van der Waals surface area contributed by atoms with Crippen LogP contribution in [0.25, 0.3) is 11.3 Å². The molecule has 0 aliphatic carbocycles. The molecule has 5 nitrogen and oxygen atoms in total. The largest absolute Gasteiger partial charge is 0.342 e. The number of piperidine rings is 1. The van der Waals surface area contributed by atoms with Gasteiger partial charge >= 0.3 is 0 Å². The van der Waals surface area contributed by atoms with Crippen molar-refractivity contribution in [2.75, 3.05) is 13.1 Å². The molecule has 2 aromatic heterocycles. The molecular weight excluding hydrogens is 302 g/mol. The molecule has 2 aromatic rings. The molecule has 4 heterocycles. The summed E-state index contributed by atoms with van der Waals surface area (Å²) in [5.74, 6) is 0.733. The second kappa shape index (κ2) is 5.58. The predicted molar refractivity (Wildman–Crippen MR) is 91.8 cm³/mol. The number of hydrogen-bond acceptors (Lipinski definition) is 3. The Hall–Kier alpha value is -2.43. The molecule has 0 spiro atoms. The fraction of sp³-hybridized carbons (Fsp3) is 0.421. The fourth-order valence-electron chi connectivity index (χ4n) is 4.07. The van der Waals surface area contributed by atoms with Crippen LogP contribution in [0.2, 0.25) is 0 Å². The lowest BCUT2D eigenvalue weighted by Crippen LogP contribution is -2.48. The first-order valence-electron chi connectivity index (χ1n) is 8.45. The van der Waals surface area contributed by atoms with Crippen LogP contribution < -0.4 is 5.56 Å². The Morgan fingerprint density at radius 1 is 1.21 bits per heavy atom. The minimum Gasteiger partial charge on any atom is -0.342 e. The highest BCUT2D eigenvalue weighted by atomic mass is 16.2. The third kappa shape index (κ3) is 2.54. The van der Waals surface area contributed by atoms with Crippen LogP contribution in [-0.4, -0.2) is 33.4 Å². The highest BCUT2D eigenvalue weighted by molar-refractivity contribution is 5.73. The second-order valence-corrected chi connectivity index (χ2v) is 7.00. The number of fused-ring (bicyclic) bond motifs is 4. The van der Waals surface area contributed by atoms with Crippen molar-refractivity contribution in [1.82, 2.24) is 14.5 Å². The van der Waals surface area contributed by atoms with Gasteiger partial charge in [0.1, 0.15) is 0 Å². The summed E-state index contributed by atoms with van der Waals surface area (Å²) in [5, 5.41) is 0. The molecule has 1 fully saturated rings. The lowest BCUT2D eigenvalue weighted by molar-refractivity contribution is -0.131. The average molecular weight is 323 g/mol. The number of aromatic nitrogens is 2. The van der Waals surface area contributed by atoms with Crippen molar-refractivity contribution >= 4 is 5.91 Å². The highest BCUT2D eigenvalue weighted by Gasteiger charge is 2.35. The molecule has 5 heteroatoms. The molecular formula is C19H21N3O2. The van der Waals surface area contributed by atoms with Crippen LogP contribution in [0, 0.1) is 12.8 Å². The third-order valence-electron chi connectivity index (χ3n) is 5.19. The van der Waals surface area contributed by atoms with E-state index in [9.17, 15) is 9.59 Å². The van der Waals surface area contributed by atoms with Crippen LogP contribution in [0.15, 0.2) is 35.1 Å². The number of pyridine rings is 2. The van der Waals surface area contributed by atoms with Gasteiger partial charge in [0.2, 0.25) is 5.91 Å². The molecule has 24 heavy (non-hydrogen) atoms. The summed E-state index contributed by atoms with van der Waals surface area (Å²) in [4.78, 5) is 30.9. The van der Waals surface area contributed by atoms with E-state index in [0.717, 1.165) is 35.6 Å². The summed E-state index contributed by atoms with van der Waals surface area (Å²) in [5.41, 5.74) is 3.72. The molecule has 2 aliphatic rings. The Morgan fingerprint density at radius 3 is 2.79 bits per heavy atom. The number of carbonyl (C=O) groups excluding carboxylic acids is 1. The zero-order valence-corrected chi connectivity index (χ0v) is 14.0. The van der Waals surface area contributed by atoms with Gasteiger partial charge in [0, 0.05) is 55.5 Å². The summed E-state index contributed by atoms with van der Waals surface area (Å²) in [6.45, 7) is 5.75. The van der Waals surface area contributed by atoms with Gasteiger partial charge in [-0.1, -0.05) is 6.07 Å². The first kappa shape index (κ1) is 15.1. The summed E-state index contributed by atoms with van der Waals surface area (Å²) in [7, 11) is 0. The number of nitrogens with zero attached hydrogens (tertiary/aromatic N) is 3. The van der Waals surface area contributed by atoms with E-state index < -0.39 is 0 Å². The Balaban J connectivity index is 1.79. The smallest absolute Gasteiger partial charge is 0.251 e. The van der Waals surface area contributed by atoms with E-state index in [4.69, 9.17) is 0 Å². The monoisotopic (exact) mass is 323 g/mol. The molecule has 2 atom stereocenters. The fourth-order valence-corrected chi connectivity index (χ4v) is 4.07. The van der Waals surface area contributed by atoms with Crippen molar-refractivity contribution in [2.45, 2.75) is 32.7 Å². The number of aryl methyl sites for hydroxylation is 1. The molecule has 1 saturated heterocycles. The first-order valence-corrected chi connectivity index (χ1v) is 8.45. The lowest BCUT2D eigenvalue weighted by atomic mass is 9.82. The Labute approximate surface area is 140 Å². The highest BCUT2D eigenvalue weighted by Crippen LogP contribution is 2.36. The van der Waals surface area contributed by atoms with Crippen LogP contribution >= 0.6 is 0 Å². The Bertz CT molecular complexity index is 871. The summed E-state index contributed by atoms with van der Waals surface area (Å²) >= 11 is 0. The minimum atomic E-state index is 0.0387. The van der Waals surface area contributed by atoms with E-state index in [0.29, 0.717) is 19.0 Å². The Morgan fingerprint density at radius 2 is 2.04 bits per heavy atom. The molecule has 0 aromatic carbocycles.